The first-order valence-electron chi connectivity index (χ1n) is 5.13. The zero-order chi connectivity index (χ0) is 12.8. The molecule has 0 spiro atoms. The molecule has 0 atom stereocenters. The fourth-order valence-electron chi connectivity index (χ4n) is 1.26. The average molecular weight is 227 g/mol. The minimum absolute atomic E-state index is 0.100. The second-order valence-electron chi connectivity index (χ2n) is 3.84. The fourth-order valence-corrected chi connectivity index (χ4v) is 1.26. The number of nitriles is 1. The minimum atomic E-state index is -0.258. The van der Waals surface area contributed by atoms with Crippen molar-refractivity contribution in [3.05, 3.63) is 53.1 Å². The van der Waals surface area contributed by atoms with Gasteiger partial charge in [0.1, 0.15) is 5.76 Å². The van der Waals surface area contributed by atoms with E-state index in [2.05, 4.69) is 0 Å². The van der Waals surface area contributed by atoms with Gasteiger partial charge < -0.3 is 5.11 Å². The standard InChI is InChI=1S/C14H13NO2/c1-10(2)7-13(16)8-14(17)12-5-3-11(9-15)4-6-12/h3-8,17H,1-2H3/b14-8-. The molecule has 0 bridgehead atoms. The number of carbonyl (C=O) groups excluding carboxylic acids is 1. The Morgan fingerprint density at radius 2 is 1.82 bits per heavy atom. The molecule has 86 valence electrons. The number of aliphatic hydroxyl groups excluding tert-OH is 1. The molecule has 1 N–H and O–H groups in total. The molecule has 0 amide bonds. The van der Waals surface area contributed by atoms with Crippen molar-refractivity contribution in [1.82, 2.24) is 0 Å². The molecule has 0 aromatic heterocycles. The second kappa shape index (κ2) is 5.66. The van der Waals surface area contributed by atoms with Crippen LogP contribution in [0.25, 0.3) is 5.76 Å². The lowest BCUT2D eigenvalue weighted by molar-refractivity contribution is -0.110. The van der Waals surface area contributed by atoms with Crippen LogP contribution in [0.1, 0.15) is 25.0 Å². The maximum Gasteiger partial charge on any atom is 0.182 e. The van der Waals surface area contributed by atoms with Crippen LogP contribution >= 0.6 is 0 Å². The summed E-state index contributed by atoms with van der Waals surface area (Å²) in [7, 11) is 0. The van der Waals surface area contributed by atoms with E-state index in [1.165, 1.54) is 6.08 Å². The highest BCUT2D eigenvalue weighted by molar-refractivity contribution is 6.03. The molecule has 3 heteroatoms. The Hall–Kier alpha value is -2.34. The van der Waals surface area contributed by atoms with Gasteiger partial charge in [-0.05, 0) is 44.2 Å². The Morgan fingerprint density at radius 1 is 1.24 bits per heavy atom. The lowest BCUT2D eigenvalue weighted by atomic mass is 10.1. The molecule has 0 unspecified atom stereocenters. The van der Waals surface area contributed by atoms with Crippen LogP contribution in [0.3, 0.4) is 0 Å². The van der Waals surface area contributed by atoms with E-state index in [9.17, 15) is 9.90 Å². The van der Waals surface area contributed by atoms with Crippen molar-refractivity contribution in [3.8, 4) is 6.07 Å². The lowest BCUT2D eigenvalue weighted by Gasteiger charge is -1.99. The SMILES string of the molecule is CC(C)=CC(=O)/C=C(\O)c1ccc(C#N)cc1. The van der Waals surface area contributed by atoms with Gasteiger partial charge in [-0.1, -0.05) is 5.57 Å². The molecular formula is C14H13NO2. The molecule has 0 radical (unpaired) electrons. The number of hydrogen-bond acceptors (Lipinski definition) is 3. The number of allylic oxidation sites excluding steroid dienone is 3. The number of ketones is 1. The minimum Gasteiger partial charge on any atom is -0.507 e. The molecule has 0 heterocycles. The Kier molecular flexibility index (Phi) is 4.24. The topological polar surface area (TPSA) is 61.1 Å². The van der Waals surface area contributed by atoms with Gasteiger partial charge in [0, 0.05) is 11.6 Å². The average Bonchev–Trinajstić information content (AvgIpc) is 2.28. The third kappa shape index (κ3) is 3.96. The summed E-state index contributed by atoms with van der Waals surface area (Å²) in [5.74, 6) is -0.358. The van der Waals surface area contributed by atoms with Crippen molar-refractivity contribution >= 4 is 11.5 Å². The highest BCUT2D eigenvalue weighted by Crippen LogP contribution is 2.12. The summed E-state index contributed by atoms with van der Waals surface area (Å²) in [5.41, 5.74) is 1.90. The van der Waals surface area contributed by atoms with E-state index in [0.717, 1.165) is 11.6 Å². The van der Waals surface area contributed by atoms with Gasteiger partial charge in [-0.15, -0.1) is 0 Å². The summed E-state index contributed by atoms with van der Waals surface area (Å²) in [6.07, 6.45) is 2.61. The van der Waals surface area contributed by atoms with Crippen molar-refractivity contribution in [2.24, 2.45) is 0 Å². The molecule has 3 nitrogen and oxygen atoms in total. The van der Waals surface area contributed by atoms with Crippen LogP contribution in [0.5, 0.6) is 0 Å². The summed E-state index contributed by atoms with van der Waals surface area (Å²) in [5, 5.41) is 18.3. The molecule has 0 aliphatic rings. The third-order valence-corrected chi connectivity index (χ3v) is 2.02. The Balaban J connectivity index is 2.93. The van der Waals surface area contributed by atoms with Crippen molar-refractivity contribution in [2.45, 2.75) is 13.8 Å². The van der Waals surface area contributed by atoms with Gasteiger partial charge in [0.05, 0.1) is 11.6 Å². The van der Waals surface area contributed by atoms with E-state index in [4.69, 9.17) is 5.26 Å². The van der Waals surface area contributed by atoms with Crippen LogP contribution in [-0.2, 0) is 4.79 Å². The Labute approximate surface area is 100 Å². The van der Waals surface area contributed by atoms with Gasteiger partial charge in [-0.2, -0.15) is 5.26 Å². The van der Waals surface area contributed by atoms with E-state index in [1.807, 2.05) is 19.9 Å². The van der Waals surface area contributed by atoms with E-state index < -0.39 is 0 Å². The van der Waals surface area contributed by atoms with Gasteiger partial charge >= 0.3 is 0 Å². The first kappa shape index (κ1) is 12.7. The highest BCUT2D eigenvalue weighted by Gasteiger charge is 2.01. The molecule has 0 aliphatic heterocycles. The molecule has 0 aliphatic carbocycles. The van der Waals surface area contributed by atoms with Crippen LogP contribution in [0.2, 0.25) is 0 Å². The maximum absolute atomic E-state index is 11.4. The lowest BCUT2D eigenvalue weighted by Crippen LogP contribution is -1.91. The van der Waals surface area contributed by atoms with Crippen molar-refractivity contribution in [3.63, 3.8) is 0 Å². The second-order valence-corrected chi connectivity index (χ2v) is 3.84. The van der Waals surface area contributed by atoms with E-state index >= 15 is 0 Å². The van der Waals surface area contributed by atoms with Crippen LogP contribution in [-0.4, -0.2) is 10.9 Å². The largest absolute Gasteiger partial charge is 0.507 e. The quantitative estimate of drug-likeness (QED) is 0.637. The normalized spacial score (nSPS) is 10.5. The number of aliphatic hydroxyl groups is 1. The number of carbonyl (C=O) groups is 1. The molecule has 1 aromatic carbocycles. The number of hydrogen-bond donors (Lipinski definition) is 1. The van der Waals surface area contributed by atoms with Crippen molar-refractivity contribution in [2.75, 3.05) is 0 Å². The monoisotopic (exact) mass is 227 g/mol. The van der Waals surface area contributed by atoms with E-state index in [1.54, 1.807) is 24.3 Å². The Bertz CT molecular complexity index is 512. The maximum atomic E-state index is 11.4. The van der Waals surface area contributed by atoms with Gasteiger partial charge in [-0.3, -0.25) is 4.79 Å². The smallest absolute Gasteiger partial charge is 0.182 e. The highest BCUT2D eigenvalue weighted by atomic mass is 16.3. The van der Waals surface area contributed by atoms with Crippen molar-refractivity contribution < 1.29 is 9.90 Å². The van der Waals surface area contributed by atoms with Crippen LogP contribution in [0, 0.1) is 11.3 Å². The van der Waals surface area contributed by atoms with E-state index in [-0.39, 0.29) is 11.5 Å². The number of nitrogens with zero attached hydrogens (tertiary/aromatic N) is 1. The summed E-state index contributed by atoms with van der Waals surface area (Å²) in [4.78, 5) is 11.4. The van der Waals surface area contributed by atoms with Gasteiger partial charge in [0.15, 0.2) is 5.78 Å². The predicted octanol–water partition coefficient (Wildman–Crippen LogP) is 2.99. The molecule has 1 aromatic rings. The van der Waals surface area contributed by atoms with Gasteiger partial charge in [-0.25, -0.2) is 0 Å². The predicted molar refractivity (Wildman–Crippen MR) is 66.2 cm³/mol. The third-order valence-electron chi connectivity index (χ3n) is 2.02. The zero-order valence-corrected chi connectivity index (χ0v) is 9.77. The summed E-state index contributed by atoms with van der Waals surface area (Å²) < 4.78 is 0. The zero-order valence-electron chi connectivity index (χ0n) is 9.77. The Morgan fingerprint density at radius 3 is 2.29 bits per heavy atom. The summed E-state index contributed by atoms with van der Waals surface area (Å²) in [6, 6.07) is 8.35. The fraction of sp³-hybridized carbons (Fsp3) is 0.143. The summed E-state index contributed by atoms with van der Waals surface area (Å²) >= 11 is 0. The number of benzene rings is 1. The van der Waals surface area contributed by atoms with Crippen LogP contribution in [0.4, 0.5) is 0 Å². The molecule has 0 fully saturated rings. The molecule has 17 heavy (non-hydrogen) atoms. The van der Waals surface area contributed by atoms with Gasteiger partial charge in [0.25, 0.3) is 0 Å². The first-order valence-corrected chi connectivity index (χ1v) is 5.13. The van der Waals surface area contributed by atoms with Crippen LogP contribution < -0.4 is 0 Å². The van der Waals surface area contributed by atoms with Crippen LogP contribution in [0.15, 0.2) is 42.0 Å². The van der Waals surface area contributed by atoms with E-state index in [0.29, 0.717) is 11.1 Å². The summed E-state index contributed by atoms with van der Waals surface area (Å²) in [6.45, 7) is 3.62. The first-order chi connectivity index (χ1) is 8.02. The number of rotatable bonds is 3. The molecule has 0 saturated carbocycles. The molecule has 1 rings (SSSR count). The molecule has 0 saturated heterocycles. The van der Waals surface area contributed by atoms with Crippen molar-refractivity contribution in [1.29, 1.82) is 5.26 Å². The molecular weight excluding hydrogens is 214 g/mol. The van der Waals surface area contributed by atoms with Gasteiger partial charge in [0.2, 0.25) is 0 Å².